The quantitative estimate of drug-likeness (QED) is 0.203. The van der Waals surface area contributed by atoms with Gasteiger partial charge in [0.25, 0.3) is 5.91 Å². The maximum atomic E-state index is 13.5. The maximum Gasteiger partial charge on any atom is 0.281 e. The fourth-order valence-corrected chi connectivity index (χ4v) is 5.47. The molecule has 1 aliphatic heterocycles. The van der Waals surface area contributed by atoms with E-state index in [2.05, 4.69) is 31.9 Å². The van der Waals surface area contributed by atoms with Crippen molar-refractivity contribution in [1.82, 2.24) is 0 Å². The van der Waals surface area contributed by atoms with E-state index in [0.29, 0.717) is 34.4 Å². The molecule has 1 heterocycles. The number of hydrazone groups is 1. The molecule has 0 saturated carbocycles. The summed E-state index contributed by atoms with van der Waals surface area (Å²) in [4.78, 5) is 13.5. The van der Waals surface area contributed by atoms with E-state index in [1.165, 1.54) is 5.01 Å². The molecule has 7 heteroatoms. The Morgan fingerprint density at radius 1 is 0.861 bits per heavy atom. The molecule has 0 radical (unpaired) electrons. The normalized spacial score (nSPS) is 14.3. The molecular formula is C29H19Br2ClN2O2. The Hall–Kier alpha value is -3.19. The van der Waals surface area contributed by atoms with Crippen molar-refractivity contribution < 1.29 is 9.53 Å². The van der Waals surface area contributed by atoms with Crippen molar-refractivity contribution in [2.45, 2.75) is 6.61 Å². The molecule has 4 aromatic rings. The fourth-order valence-electron chi connectivity index (χ4n) is 3.83. The van der Waals surface area contributed by atoms with Crippen LogP contribution in [0.5, 0.6) is 5.75 Å². The number of para-hydroxylation sites is 1. The Morgan fingerprint density at radius 3 is 2.14 bits per heavy atom. The zero-order valence-corrected chi connectivity index (χ0v) is 22.8. The molecule has 4 aromatic carbocycles. The van der Waals surface area contributed by atoms with Gasteiger partial charge in [0.05, 0.1) is 20.2 Å². The zero-order chi connectivity index (χ0) is 25.1. The second-order valence-corrected chi connectivity index (χ2v) is 10.1. The van der Waals surface area contributed by atoms with Crippen LogP contribution in [0.4, 0.5) is 5.69 Å². The molecule has 1 amide bonds. The first kappa shape index (κ1) is 24.5. The first-order valence-corrected chi connectivity index (χ1v) is 13.1. The lowest BCUT2D eigenvalue weighted by Gasteiger charge is -2.13. The molecule has 0 fully saturated rings. The van der Waals surface area contributed by atoms with Crippen LogP contribution in [0.3, 0.4) is 0 Å². The SMILES string of the molecule is O=C1/C(=C\c2cc(Br)c(OCc3ccccc3Cl)c(Br)c2)C(c2ccccc2)=NN1c1ccccc1. The molecule has 0 bridgehead atoms. The van der Waals surface area contributed by atoms with Gasteiger partial charge < -0.3 is 4.74 Å². The standard InChI is InChI=1S/C29H19Br2ClN2O2/c30-24-16-19(17-25(31)28(24)36-18-21-11-7-8-14-26(21)32)15-23-27(20-9-3-1-4-10-20)33-34(29(23)35)22-12-5-2-6-13-22/h1-17H,18H2/b23-15-. The molecule has 0 saturated heterocycles. The number of hydrogen-bond acceptors (Lipinski definition) is 3. The number of anilines is 1. The van der Waals surface area contributed by atoms with E-state index in [-0.39, 0.29) is 5.91 Å². The van der Waals surface area contributed by atoms with Crippen LogP contribution in [0.1, 0.15) is 16.7 Å². The van der Waals surface area contributed by atoms with Crippen molar-refractivity contribution in [2.24, 2.45) is 5.10 Å². The lowest BCUT2D eigenvalue weighted by molar-refractivity contribution is -0.114. The van der Waals surface area contributed by atoms with Crippen molar-refractivity contribution in [3.63, 3.8) is 0 Å². The van der Waals surface area contributed by atoms with E-state index in [4.69, 9.17) is 21.4 Å². The maximum absolute atomic E-state index is 13.5. The molecule has 0 N–H and O–H groups in total. The summed E-state index contributed by atoms with van der Waals surface area (Å²) in [6, 6.07) is 30.5. The van der Waals surface area contributed by atoms with Gasteiger partial charge in [-0.15, -0.1) is 0 Å². The van der Waals surface area contributed by atoms with Gasteiger partial charge in [-0.1, -0.05) is 78.3 Å². The number of hydrogen-bond donors (Lipinski definition) is 0. The average Bonchev–Trinajstić information content (AvgIpc) is 3.21. The molecule has 4 nitrogen and oxygen atoms in total. The number of amides is 1. The van der Waals surface area contributed by atoms with Crippen LogP contribution in [0.15, 0.2) is 117 Å². The molecule has 1 aliphatic rings. The molecule has 5 rings (SSSR count). The van der Waals surface area contributed by atoms with Crippen molar-refractivity contribution in [3.8, 4) is 5.75 Å². The van der Waals surface area contributed by atoms with Crippen molar-refractivity contribution in [3.05, 3.63) is 133 Å². The highest BCUT2D eigenvalue weighted by atomic mass is 79.9. The van der Waals surface area contributed by atoms with Gasteiger partial charge in [-0.25, -0.2) is 0 Å². The summed E-state index contributed by atoms with van der Waals surface area (Å²) in [5, 5.41) is 6.79. The predicted molar refractivity (Wildman–Crippen MR) is 153 cm³/mol. The summed E-state index contributed by atoms with van der Waals surface area (Å²) in [5.41, 5.74) is 4.42. The molecule has 0 unspecified atom stereocenters. The molecular weight excluding hydrogens is 604 g/mol. The van der Waals surface area contributed by atoms with Crippen molar-refractivity contribution in [2.75, 3.05) is 5.01 Å². The number of rotatable bonds is 6. The lowest BCUT2D eigenvalue weighted by Crippen LogP contribution is -2.21. The molecule has 0 atom stereocenters. The molecule has 0 aromatic heterocycles. The Labute approximate surface area is 231 Å². The van der Waals surface area contributed by atoms with Crippen molar-refractivity contribution >= 4 is 66.8 Å². The van der Waals surface area contributed by atoms with E-state index in [1.54, 1.807) is 0 Å². The molecule has 36 heavy (non-hydrogen) atoms. The monoisotopic (exact) mass is 620 g/mol. The minimum absolute atomic E-state index is 0.189. The van der Waals surface area contributed by atoms with E-state index in [0.717, 1.165) is 25.6 Å². The Bertz CT molecular complexity index is 1460. The highest BCUT2D eigenvalue weighted by molar-refractivity contribution is 9.11. The van der Waals surface area contributed by atoms with Gasteiger partial charge in [0.15, 0.2) is 0 Å². The number of halogens is 3. The van der Waals surface area contributed by atoms with Gasteiger partial charge in [0.1, 0.15) is 18.1 Å². The molecule has 0 aliphatic carbocycles. The van der Waals surface area contributed by atoms with Gasteiger partial charge in [0, 0.05) is 16.1 Å². The Morgan fingerprint density at radius 2 is 1.47 bits per heavy atom. The van der Waals surface area contributed by atoms with Crippen molar-refractivity contribution in [1.29, 1.82) is 0 Å². The van der Waals surface area contributed by atoms with Gasteiger partial charge in [-0.3, -0.25) is 4.79 Å². The Kier molecular flexibility index (Phi) is 7.37. The summed E-state index contributed by atoms with van der Waals surface area (Å²) in [6.45, 7) is 0.326. The van der Waals surface area contributed by atoms with Gasteiger partial charge in [-0.2, -0.15) is 10.1 Å². The minimum Gasteiger partial charge on any atom is -0.486 e. The first-order chi connectivity index (χ1) is 17.5. The second kappa shape index (κ2) is 10.8. The third kappa shape index (κ3) is 5.16. The number of carbonyl (C=O) groups excluding carboxylic acids is 1. The number of carbonyl (C=O) groups is 1. The van der Waals surface area contributed by atoms with Crippen LogP contribution in [-0.4, -0.2) is 11.6 Å². The van der Waals surface area contributed by atoms with Gasteiger partial charge >= 0.3 is 0 Å². The summed E-state index contributed by atoms with van der Waals surface area (Å²) in [7, 11) is 0. The summed E-state index contributed by atoms with van der Waals surface area (Å²) in [6.07, 6.45) is 1.85. The lowest BCUT2D eigenvalue weighted by atomic mass is 10.0. The largest absolute Gasteiger partial charge is 0.486 e. The van der Waals surface area contributed by atoms with Gasteiger partial charge in [-0.05, 0) is 73.8 Å². The molecule has 178 valence electrons. The summed E-state index contributed by atoms with van der Waals surface area (Å²) in [5.74, 6) is 0.462. The fraction of sp³-hybridized carbons (Fsp3) is 0.0345. The van der Waals surface area contributed by atoms with Crippen LogP contribution in [0.25, 0.3) is 6.08 Å². The molecule has 0 spiro atoms. The summed E-state index contributed by atoms with van der Waals surface area (Å²) >= 11 is 13.5. The van der Waals surface area contributed by atoms with Crippen LogP contribution in [-0.2, 0) is 11.4 Å². The van der Waals surface area contributed by atoms with Crippen LogP contribution < -0.4 is 9.75 Å². The van der Waals surface area contributed by atoms with E-state index < -0.39 is 0 Å². The topological polar surface area (TPSA) is 41.9 Å². The van der Waals surface area contributed by atoms with E-state index in [1.807, 2.05) is 103 Å². The number of ether oxygens (including phenoxy) is 1. The highest BCUT2D eigenvalue weighted by Gasteiger charge is 2.32. The van der Waals surface area contributed by atoms with Crippen LogP contribution in [0, 0.1) is 0 Å². The van der Waals surface area contributed by atoms with Gasteiger partial charge in [0.2, 0.25) is 0 Å². The smallest absolute Gasteiger partial charge is 0.281 e. The van der Waals surface area contributed by atoms with Crippen LogP contribution >= 0.6 is 43.5 Å². The summed E-state index contributed by atoms with van der Waals surface area (Å²) < 4.78 is 7.55. The third-order valence-corrected chi connectivity index (χ3v) is 7.13. The zero-order valence-electron chi connectivity index (χ0n) is 18.9. The Balaban J connectivity index is 1.49. The van der Waals surface area contributed by atoms with E-state index in [9.17, 15) is 4.79 Å². The number of benzene rings is 4. The number of nitrogens with zero attached hydrogens (tertiary/aromatic N) is 2. The predicted octanol–water partition coefficient (Wildman–Crippen LogP) is 8.28. The highest BCUT2D eigenvalue weighted by Crippen LogP contribution is 2.37. The average molecular weight is 623 g/mol. The van der Waals surface area contributed by atoms with Crippen LogP contribution in [0.2, 0.25) is 5.02 Å². The first-order valence-electron chi connectivity index (χ1n) is 11.1. The third-order valence-electron chi connectivity index (χ3n) is 5.59. The second-order valence-electron chi connectivity index (χ2n) is 8.02. The van der Waals surface area contributed by atoms with E-state index >= 15 is 0 Å². The minimum atomic E-state index is -0.189.